The first kappa shape index (κ1) is 26.3. The molecule has 1 aliphatic rings. The molecule has 8 heteroatoms. The quantitative estimate of drug-likeness (QED) is 0.290. The van der Waals surface area contributed by atoms with E-state index in [0.717, 1.165) is 76.6 Å². The van der Waals surface area contributed by atoms with Crippen molar-refractivity contribution in [3.63, 3.8) is 0 Å². The molecule has 0 amide bonds. The van der Waals surface area contributed by atoms with Gasteiger partial charge in [-0.1, -0.05) is 35.4 Å². The molecule has 0 aromatic heterocycles. The summed E-state index contributed by atoms with van der Waals surface area (Å²) in [6.45, 7) is 12.7. The molecule has 6 nitrogen and oxygen atoms in total. The van der Waals surface area contributed by atoms with Crippen molar-refractivity contribution < 1.29 is 0 Å². The van der Waals surface area contributed by atoms with Crippen LogP contribution in [0.4, 0.5) is 11.4 Å². The summed E-state index contributed by atoms with van der Waals surface area (Å²) in [6, 6.07) is 16.5. The molecule has 184 valence electrons. The van der Waals surface area contributed by atoms with E-state index in [1.807, 2.05) is 0 Å². The largest absolute Gasteiger partial charge is 0.362 e. The average molecular weight is 499 g/mol. The predicted octanol–water partition coefficient (Wildman–Crippen LogP) is 3.97. The van der Waals surface area contributed by atoms with Crippen LogP contribution in [-0.4, -0.2) is 72.4 Å². The van der Waals surface area contributed by atoms with Crippen molar-refractivity contribution in [1.29, 1.82) is 0 Å². The fourth-order valence-electron chi connectivity index (χ4n) is 3.87. The molecule has 0 saturated carbocycles. The standard InChI is InChI=1S/C26H38N6S2/c1-21-5-9-23(10-6-21)29-25(33)27-13-3-15-31-17-19-32(20-18-31)16-4-14-28-26(34)30-24-11-7-22(2)8-12-24/h5-12H,3-4,13-20H2,1-2H3,(H2,27,29,33)(H2,28,30,34). The van der Waals surface area contributed by atoms with Crippen molar-refractivity contribution in [3.05, 3.63) is 59.7 Å². The Kier molecular flexibility index (Phi) is 11.0. The van der Waals surface area contributed by atoms with Gasteiger partial charge in [0.2, 0.25) is 0 Å². The summed E-state index contributed by atoms with van der Waals surface area (Å²) in [6.07, 6.45) is 2.18. The van der Waals surface area contributed by atoms with Crippen molar-refractivity contribution in [3.8, 4) is 0 Å². The summed E-state index contributed by atoms with van der Waals surface area (Å²) < 4.78 is 0. The van der Waals surface area contributed by atoms with Crippen LogP contribution in [-0.2, 0) is 0 Å². The molecule has 3 rings (SSSR count). The molecule has 1 saturated heterocycles. The Hall–Kier alpha value is -2.26. The lowest BCUT2D eigenvalue weighted by Crippen LogP contribution is -2.47. The maximum atomic E-state index is 5.40. The topological polar surface area (TPSA) is 54.6 Å². The Morgan fingerprint density at radius 3 is 1.35 bits per heavy atom. The van der Waals surface area contributed by atoms with Crippen molar-refractivity contribution in [2.45, 2.75) is 26.7 Å². The predicted molar refractivity (Wildman–Crippen MR) is 153 cm³/mol. The zero-order valence-electron chi connectivity index (χ0n) is 20.4. The third-order valence-corrected chi connectivity index (χ3v) is 6.45. The molecule has 2 aromatic carbocycles. The van der Waals surface area contributed by atoms with Gasteiger partial charge in [0.25, 0.3) is 0 Å². The van der Waals surface area contributed by atoms with Gasteiger partial charge >= 0.3 is 0 Å². The second-order valence-corrected chi connectivity index (χ2v) is 9.70. The third kappa shape index (κ3) is 9.93. The van der Waals surface area contributed by atoms with E-state index in [-0.39, 0.29) is 0 Å². The van der Waals surface area contributed by atoms with Crippen LogP contribution >= 0.6 is 24.4 Å². The summed E-state index contributed by atoms with van der Waals surface area (Å²) in [5, 5.41) is 14.5. The summed E-state index contributed by atoms with van der Waals surface area (Å²) in [5.74, 6) is 0. The molecule has 1 aliphatic heterocycles. The number of rotatable bonds is 10. The average Bonchev–Trinajstić information content (AvgIpc) is 2.83. The van der Waals surface area contributed by atoms with Crippen molar-refractivity contribution >= 4 is 46.0 Å². The van der Waals surface area contributed by atoms with Crippen LogP contribution in [0.2, 0.25) is 0 Å². The van der Waals surface area contributed by atoms with E-state index in [1.54, 1.807) is 0 Å². The maximum absolute atomic E-state index is 5.40. The first-order valence-electron chi connectivity index (χ1n) is 12.2. The highest BCUT2D eigenvalue weighted by atomic mass is 32.1. The van der Waals surface area contributed by atoms with E-state index in [1.165, 1.54) is 11.1 Å². The third-order valence-electron chi connectivity index (χ3n) is 5.96. The highest BCUT2D eigenvalue weighted by molar-refractivity contribution is 7.80. The number of piperazine rings is 1. The van der Waals surface area contributed by atoms with Crippen LogP contribution in [0.3, 0.4) is 0 Å². The summed E-state index contributed by atoms with van der Waals surface area (Å²) >= 11 is 10.8. The van der Waals surface area contributed by atoms with Gasteiger partial charge in [-0.2, -0.15) is 0 Å². The normalized spacial score (nSPS) is 14.4. The van der Waals surface area contributed by atoms with Crippen LogP contribution in [0, 0.1) is 13.8 Å². The van der Waals surface area contributed by atoms with E-state index >= 15 is 0 Å². The highest BCUT2D eigenvalue weighted by Gasteiger charge is 2.15. The van der Waals surface area contributed by atoms with Gasteiger partial charge in [0.15, 0.2) is 10.2 Å². The molecule has 0 atom stereocenters. The SMILES string of the molecule is Cc1ccc(NC(=S)NCCCN2CCN(CCCNC(=S)Nc3ccc(C)cc3)CC2)cc1. The molecule has 2 aromatic rings. The van der Waals surface area contributed by atoms with E-state index in [2.05, 4.69) is 93.4 Å². The number of aryl methyl sites for hydroxylation is 2. The fraction of sp³-hybridized carbons (Fsp3) is 0.462. The Morgan fingerprint density at radius 1 is 0.647 bits per heavy atom. The number of benzene rings is 2. The van der Waals surface area contributed by atoms with Gasteiger partial charge in [0.1, 0.15) is 0 Å². The molecule has 4 N–H and O–H groups in total. The lowest BCUT2D eigenvalue weighted by molar-refractivity contribution is 0.131. The van der Waals surface area contributed by atoms with Crippen molar-refractivity contribution in [1.82, 2.24) is 20.4 Å². The molecular formula is C26H38N6S2. The van der Waals surface area contributed by atoms with Gasteiger partial charge in [0, 0.05) is 50.6 Å². The molecule has 0 unspecified atom stereocenters. The van der Waals surface area contributed by atoms with Gasteiger partial charge in [-0.3, -0.25) is 0 Å². The maximum Gasteiger partial charge on any atom is 0.170 e. The first-order valence-corrected chi connectivity index (χ1v) is 13.0. The van der Waals surface area contributed by atoms with Crippen molar-refractivity contribution in [2.24, 2.45) is 0 Å². The molecular weight excluding hydrogens is 460 g/mol. The van der Waals surface area contributed by atoms with Crippen LogP contribution < -0.4 is 21.3 Å². The smallest absolute Gasteiger partial charge is 0.170 e. The molecule has 1 heterocycles. The Bertz CT molecular complexity index is 817. The van der Waals surface area contributed by atoms with Gasteiger partial charge in [-0.05, 0) is 88.5 Å². The second-order valence-electron chi connectivity index (χ2n) is 8.88. The van der Waals surface area contributed by atoms with Gasteiger partial charge in [-0.15, -0.1) is 0 Å². The Labute approximate surface area is 215 Å². The molecule has 0 radical (unpaired) electrons. The van der Waals surface area contributed by atoms with E-state index in [4.69, 9.17) is 24.4 Å². The number of hydrogen-bond acceptors (Lipinski definition) is 4. The van der Waals surface area contributed by atoms with E-state index in [9.17, 15) is 0 Å². The van der Waals surface area contributed by atoms with Crippen LogP contribution in [0.25, 0.3) is 0 Å². The van der Waals surface area contributed by atoms with E-state index in [0.29, 0.717) is 10.2 Å². The van der Waals surface area contributed by atoms with Crippen molar-refractivity contribution in [2.75, 3.05) is 63.0 Å². The van der Waals surface area contributed by atoms with Gasteiger partial charge in [-0.25, -0.2) is 0 Å². The second kappa shape index (κ2) is 14.2. The van der Waals surface area contributed by atoms with Crippen LogP contribution in [0.5, 0.6) is 0 Å². The summed E-state index contributed by atoms with van der Waals surface area (Å²) in [7, 11) is 0. The number of nitrogens with one attached hydrogen (secondary N) is 4. The minimum atomic E-state index is 0.691. The minimum absolute atomic E-state index is 0.691. The molecule has 0 aliphatic carbocycles. The van der Waals surface area contributed by atoms with Gasteiger partial charge < -0.3 is 31.1 Å². The number of thiocarbonyl (C=S) groups is 2. The summed E-state index contributed by atoms with van der Waals surface area (Å²) in [4.78, 5) is 5.10. The van der Waals surface area contributed by atoms with E-state index < -0.39 is 0 Å². The lowest BCUT2D eigenvalue weighted by Gasteiger charge is -2.34. The number of nitrogens with zero attached hydrogens (tertiary/aromatic N) is 2. The minimum Gasteiger partial charge on any atom is -0.362 e. The Morgan fingerprint density at radius 2 is 1.00 bits per heavy atom. The fourth-order valence-corrected chi connectivity index (χ4v) is 4.31. The zero-order chi connectivity index (χ0) is 24.2. The first-order chi connectivity index (χ1) is 16.5. The van der Waals surface area contributed by atoms with Gasteiger partial charge in [0.05, 0.1) is 0 Å². The molecule has 0 bridgehead atoms. The molecule has 34 heavy (non-hydrogen) atoms. The highest BCUT2D eigenvalue weighted by Crippen LogP contribution is 2.09. The molecule has 0 spiro atoms. The monoisotopic (exact) mass is 498 g/mol. The van der Waals surface area contributed by atoms with Crippen LogP contribution in [0.1, 0.15) is 24.0 Å². The zero-order valence-corrected chi connectivity index (χ0v) is 22.0. The number of hydrogen-bond donors (Lipinski definition) is 4. The van der Waals surface area contributed by atoms with Crippen LogP contribution in [0.15, 0.2) is 48.5 Å². The lowest BCUT2D eigenvalue weighted by atomic mass is 10.2. The Balaban J connectivity index is 1.18. The number of anilines is 2. The summed E-state index contributed by atoms with van der Waals surface area (Å²) in [5.41, 5.74) is 4.55. The molecule has 1 fully saturated rings.